The molecule has 3 N–H and O–H groups in total. The quantitative estimate of drug-likeness (QED) is 0.567. The van der Waals surface area contributed by atoms with Gasteiger partial charge in [0.05, 0.1) is 6.54 Å². The van der Waals surface area contributed by atoms with Crippen molar-refractivity contribution in [1.82, 2.24) is 9.62 Å². The number of nitrogens with one attached hydrogen (secondary N) is 1. The molecule has 1 aromatic carbocycles. The maximum absolute atomic E-state index is 14.4. The van der Waals surface area contributed by atoms with E-state index in [0.717, 1.165) is 29.6 Å². The number of carbonyl (C=O) groups excluding carboxylic acids is 2. The van der Waals surface area contributed by atoms with Crippen LogP contribution in [0.15, 0.2) is 27.6 Å². The molecular formula is C22H27BrFN3O4S. The number of hydrogen-bond donors (Lipinski definition) is 2. The summed E-state index contributed by atoms with van der Waals surface area (Å²) in [5.74, 6) is -0.604. The zero-order valence-electron chi connectivity index (χ0n) is 17.6. The number of nitrogens with two attached hydrogens (primary N) is 1. The van der Waals surface area contributed by atoms with Gasteiger partial charge in [0, 0.05) is 22.0 Å². The van der Waals surface area contributed by atoms with Gasteiger partial charge in [-0.15, -0.1) is 0 Å². The summed E-state index contributed by atoms with van der Waals surface area (Å²) < 4.78 is 42.4. The van der Waals surface area contributed by atoms with Gasteiger partial charge in [0.25, 0.3) is 0 Å². The van der Waals surface area contributed by atoms with E-state index in [2.05, 4.69) is 21.2 Å². The lowest BCUT2D eigenvalue weighted by Gasteiger charge is -2.58. The van der Waals surface area contributed by atoms with Gasteiger partial charge in [0.1, 0.15) is 10.7 Å². The number of halogens is 2. The highest BCUT2D eigenvalue weighted by atomic mass is 79.9. The zero-order valence-corrected chi connectivity index (χ0v) is 20.0. The molecule has 5 aliphatic carbocycles. The van der Waals surface area contributed by atoms with Gasteiger partial charge in [-0.2, -0.15) is 4.31 Å². The fraction of sp³-hybridized carbons (Fsp3) is 0.636. The van der Waals surface area contributed by atoms with Crippen LogP contribution in [0.4, 0.5) is 4.39 Å². The molecule has 0 heterocycles. The van der Waals surface area contributed by atoms with E-state index in [9.17, 15) is 22.4 Å². The number of sulfonamides is 1. The van der Waals surface area contributed by atoms with E-state index in [1.807, 2.05) is 0 Å². The van der Waals surface area contributed by atoms with Crippen LogP contribution in [0.25, 0.3) is 0 Å². The minimum atomic E-state index is -4.15. The van der Waals surface area contributed by atoms with Crippen LogP contribution in [-0.2, 0) is 19.6 Å². The summed E-state index contributed by atoms with van der Waals surface area (Å²) in [4.78, 5) is 24.7. The minimum absolute atomic E-state index is 0.0697. The molecule has 5 fully saturated rings. The minimum Gasteiger partial charge on any atom is -0.369 e. The third kappa shape index (κ3) is 3.77. The van der Waals surface area contributed by atoms with Crippen LogP contribution in [0.2, 0.25) is 0 Å². The Kier molecular flexibility index (Phi) is 5.41. The molecule has 0 aliphatic heterocycles. The number of hydrogen-bond acceptors (Lipinski definition) is 4. The Labute approximate surface area is 195 Å². The summed E-state index contributed by atoms with van der Waals surface area (Å²) in [6, 6.07) is 3.46. The first-order valence-electron chi connectivity index (χ1n) is 11.2. The van der Waals surface area contributed by atoms with Gasteiger partial charge in [-0.3, -0.25) is 9.59 Å². The Balaban J connectivity index is 1.31. The van der Waals surface area contributed by atoms with E-state index in [-0.39, 0.29) is 42.3 Å². The molecule has 4 bridgehead atoms. The maximum Gasteiger partial charge on any atom is 0.246 e. The molecule has 1 aromatic rings. The lowest BCUT2D eigenvalue weighted by molar-refractivity contribution is -0.147. The van der Waals surface area contributed by atoms with Crippen LogP contribution >= 0.6 is 15.9 Å². The van der Waals surface area contributed by atoms with Crippen molar-refractivity contribution in [2.45, 2.75) is 61.9 Å². The molecule has 2 atom stereocenters. The van der Waals surface area contributed by atoms with Crippen LogP contribution in [0, 0.1) is 29.0 Å². The average Bonchev–Trinajstić information content (AvgIpc) is 3.53. The Hall–Kier alpha value is -1.52. The van der Waals surface area contributed by atoms with Crippen LogP contribution in [0.3, 0.4) is 0 Å². The van der Waals surface area contributed by atoms with Gasteiger partial charge in [-0.1, -0.05) is 15.9 Å². The molecule has 5 aliphatic rings. The lowest BCUT2D eigenvalue weighted by atomic mass is 9.47. The Bertz CT molecular complexity index is 1060. The van der Waals surface area contributed by atoms with Gasteiger partial charge >= 0.3 is 0 Å². The SMILES string of the molecule is NC(=O)C12CC3CC(C1)C(NC(=O)CN(C1CC1)S(=O)(=O)c1ccc(Br)cc1F)C(C3)C2. The summed E-state index contributed by atoms with van der Waals surface area (Å²) in [6.07, 6.45) is 5.47. The second-order valence-corrected chi connectivity index (χ2v) is 12.8. The highest BCUT2D eigenvalue weighted by Gasteiger charge is 2.58. The van der Waals surface area contributed by atoms with Crippen molar-refractivity contribution < 1.29 is 22.4 Å². The van der Waals surface area contributed by atoms with Crippen molar-refractivity contribution in [2.75, 3.05) is 6.54 Å². The average molecular weight is 528 g/mol. The topological polar surface area (TPSA) is 110 Å². The number of nitrogens with zero attached hydrogens (tertiary/aromatic N) is 1. The number of benzene rings is 1. The first-order valence-corrected chi connectivity index (χ1v) is 13.4. The fourth-order valence-electron chi connectivity index (χ4n) is 6.52. The third-order valence-electron chi connectivity index (χ3n) is 7.86. The largest absolute Gasteiger partial charge is 0.369 e. The van der Waals surface area contributed by atoms with Crippen molar-refractivity contribution in [3.05, 3.63) is 28.5 Å². The van der Waals surface area contributed by atoms with Crippen LogP contribution in [0.1, 0.15) is 44.9 Å². The molecule has 2 unspecified atom stereocenters. The molecule has 32 heavy (non-hydrogen) atoms. The molecule has 0 aromatic heterocycles. The van der Waals surface area contributed by atoms with Crippen molar-refractivity contribution >= 4 is 37.8 Å². The number of rotatable bonds is 7. The third-order valence-corrected chi connectivity index (χ3v) is 10.3. The Morgan fingerprint density at radius 2 is 1.84 bits per heavy atom. The monoisotopic (exact) mass is 527 g/mol. The second-order valence-electron chi connectivity index (χ2n) is 10.1. The van der Waals surface area contributed by atoms with Crippen molar-refractivity contribution in [3.8, 4) is 0 Å². The molecular weight excluding hydrogens is 501 g/mol. The maximum atomic E-state index is 14.4. The van der Waals surface area contributed by atoms with Gasteiger partial charge in [-0.05, 0) is 80.9 Å². The molecule has 5 saturated carbocycles. The Morgan fingerprint density at radius 1 is 1.19 bits per heavy atom. The molecule has 0 radical (unpaired) electrons. The molecule has 174 valence electrons. The first-order chi connectivity index (χ1) is 15.1. The van der Waals surface area contributed by atoms with E-state index in [0.29, 0.717) is 36.1 Å². The standard InChI is InChI=1S/C22H27BrFN3O4S/c23-15-1-4-18(17(24)7-15)32(30,31)27(16-2-3-16)11-19(28)26-20-13-5-12-6-14(20)10-22(8-12,9-13)21(25)29/h1,4,7,12-14,16,20H,2-3,5-6,8-11H2,(H2,25,29)(H,26,28). The second kappa shape index (κ2) is 7.77. The smallest absolute Gasteiger partial charge is 0.246 e. The number of amides is 2. The van der Waals surface area contributed by atoms with E-state index in [1.54, 1.807) is 0 Å². The number of primary amides is 1. The highest BCUT2D eigenvalue weighted by molar-refractivity contribution is 9.10. The van der Waals surface area contributed by atoms with E-state index in [1.165, 1.54) is 12.1 Å². The van der Waals surface area contributed by atoms with Crippen LogP contribution in [0.5, 0.6) is 0 Å². The lowest BCUT2D eigenvalue weighted by Crippen LogP contribution is -2.62. The fourth-order valence-corrected chi connectivity index (χ4v) is 8.54. The predicted molar refractivity (Wildman–Crippen MR) is 118 cm³/mol. The van der Waals surface area contributed by atoms with Crippen molar-refractivity contribution in [2.24, 2.45) is 28.9 Å². The van der Waals surface area contributed by atoms with Crippen molar-refractivity contribution in [1.29, 1.82) is 0 Å². The highest BCUT2D eigenvalue weighted by Crippen LogP contribution is 2.59. The van der Waals surface area contributed by atoms with Gasteiger partial charge in [0.15, 0.2) is 0 Å². The van der Waals surface area contributed by atoms with E-state index >= 15 is 0 Å². The first kappa shape index (κ1) is 22.3. The summed E-state index contributed by atoms with van der Waals surface area (Å²) in [7, 11) is -4.15. The predicted octanol–water partition coefficient (Wildman–Crippen LogP) is 2.54. The molecule has 0 saturated heterocycles. The summed E-state index contributed by atoms with van der Waals surface area (Å²) in [5.41, 5.74) is 5.29. The van der Waals surface area contributed by atoms with Crippen molar-refractivity contribution in [3.63, 3.8) is 0 Å². The molecule has 2 amide bonds. The number of carbonyl (C=O) groups is 2. The molecule has 7 nitrogen and oxygen atoms in total. The molecule has 0 spiro atoms. The van der Waals surface area contributed by atoms with Crippen LogP contribution in [-0.4, -0.2) is 43.2 Å². The Morgan fingerprint density at radius 3 is 2.41 bits per heavy atom. The zero-order chi connectivity index (χ0) is 22.8. The summed E-state index contributed by atoms with van der Waals surface area (Å²) in [6.45, 7) is -0.331. The van der Waals surface area contributed by atoms with Crippen LogP contribution < -0.4 is 11.1 Å². The van der Waals surface area contributed by atoms with E-state index in [4.69, 9.17) is 5.73 Å². The van der Waals surface area contributed by atoms with E-state index < -0.39 is 26.2 Å². The molecule has 6 rings (SSSR count). The molecule has 10 heteroatoms. The normalized spacial score (nSPS) is 33.5. The summed E-state index contributed by atoms with van der Waals surface area (Å²) in [5, 5.41) is 3.08. The van der Waals surface area contributed by atoms with Gasteiger partial charge in [-0.25, -0.2) is 12.8 Å². The van der Waals surface area contributed by atoms with Gasteiger partial charge in [0.2, 0.25) is 21.8 Å². The summed E-state index contributed by atoms with van der Waals surface area (Å²) >= 11 is 3.14. The van der Waals surface area contributed by atoms with Gasteiger partial charge < -0.3 is 11.1 Å².